The van der Waals surface area contributed by atoms with E-state index in [1.54, 1.807) is 0 Å². The Balaban J connectivity index is 1.57. The van der Waals surface area contributed by atoms with E-state index < -0.39 is 0 Å². The molecule has 0 aliphatic rings. The molecule has 0 saturated heterocycles. The first-order valence-electron chi connectivity index (χ1n) is 7.71. The minimum Gasteiger partial charge on any atom is -0.457 e. The summed E-state index contributed by atoms with van der Waals surface area (Å²) in [7, 11) is 0. The second-order valence-electron chi connectivity index (χ2n) is 5.40. The molecule has 0 bridgehead atoms. The molecule has 0 saturated carbocycles. The Morgan fingerprint density at radius 3 is 2.08 bits per heavy atom. The highest BCUT2D eigenvalue weighted by molar-refractivity contribution is 5.95. The van der Waals surface area contributed by atoms with Gasteiger partial charge in [0.2, 0.25) is 0 Å². The molecule has 0 aliphatic carbocycles. The fourth-order valence-corrected chi connectivity index (χ4v) is 2.27. The first-order chi connectivity index (χ1) is 11.7. The SMILES string of the molecule is N=C(N)c1ccc(NCc2ccc(Oc3ccccc3)cc2)cc1. The lowest BCUT2D eigenvalue weighted by Crippen LogP contribution is -2.10. The van der Waals surface area contributed by atoms with Crippen molar-refractivity contribution < 1.29 is 4.74 Å². The summed E-state index contributed by atoms with van der Waals surface area (Å²) in [6.07, 6.45) is 0. The first kappa shape index (κ1) is 15.6. The molecule has 0 atom stereocenters. The van der Waals surface area contributed by atoms with Gasteiger partial charge in [-0.15, -0.1) is 0 Å². The molecule has 4 nitrogen and oxygen atoms in total. The van der Waals surface area contributed by atoms with Crippen LogP contribution in [0.5, 0.6) is 11.5 Å². The summed E-state index contributed by atoms with van der Waals surface area (Å²) >= 11 is 0. The number of nitrogen functional groups attached to an aromatic ring is 1. The van der Waals surface area contributed by atoms with Gasteiger partial charge in [-0.2, -0.15) is 0 Å². The monoisotopic (exact) mass is 317 g/mol. The number of hydrogen-bond acceptors (Lipinski definition) is 3. The summed E-state index contributed by atoms with van der Waals surface area (Å²) in [6.45, 7) is 0.713. The van der Waals surface area contributed by atoms with Crippen molar-refractivity contribution >= 4 is 11.5 Å². The maximum Gasteiger partial charge on any atom is 0.127 e. The van der Waals surface area contributed by atoms with Crippen molar-refractivity contribution in [1.29, 1.82) is 5.41 Å². The molecule has 3 aromatic carbocycles. The van der Waals surface area contributed by atoms with Crippen LogP contribution in [-0.2, 0) is 6.54 Å². The molecule has 0 fully saturated rings. The molecule has 0 aromatic heterocycles. The Bertz CT molecular complexity index is 797. The Hall–Kier alpha value is -3.27. The van der Waals surface area contributed by atoms with Crippen LogP contribution in [0.25, 0.3) is 0 Å². The molecule has 4 heteroatoms. The lowest BCUT2D eigenvalue weighted by molar-refractivity contribution is 0.482. The molecular formula is C20H19N3O. The fourth-order valence-electron chi connectivity index (χ4n) is 2.27. The number of nitrogens with one attached hydrogen (secondary N) is 2. The summed E-state index contributed by atoms with van der Waals surface area (Å²) in [5.74, 6) is 1.72. The van der Waals surface area contributed by atoms with E-state index in [1.807, 2.05) is 78.9 Å². The number of ether oxygens (including phenoxy) is 1. The van der Waals surface area contributed by atoms with Crippen molar-refractivity contribution in [3.8, 4) is 11.5 Å². The highest BCUT2D eigenvalue weighted by atomic mass is 16.5. The highest BCUT2D eigenvalue weighted by Crippen LogP contribution is 2.21. The highest BCUT2D eigenvalue weighted by Gasteiger charge is 1.99. The summed E-state index contributed by atoms with van der Waals surface area (Å²) in [5, 5.41) is 10.7. The van der Waals surface area contributed by atoms with Crippen LogP contribution < -0.4 is 15.8 Å². The topological polar surface area (TPSA) is 71.1 Å². The van der Waals surface area contributed by atoms with Crippen molar-refractivity contribution in [2.75, 3.05) is 5.32 Å². The molecule has 4 N–H and O–H groups in total. The fraction of sp³-hybridized carbons (Fsp3) is 0.0500. The van der Waals surface area contributed by atoms with Gasteiger partial charge in [-0.05, 0) is 54.1 Å². The van der Waals surface area contributed by atoms with E-state index in [0.717, 1.165) is 28.3 Å². The molecule has 0 radical (unpaired) electrons. The first-order valence-corrected chi connectivity index (χ1v) is 7.71. The van der Waals surface area contributed by atoms with Crippen molar-refractivity contribution in [2.45, 2.75) is 6.54 Å². The number of nitrogens with two attached hydrogens (primary N) is 1. The van der Waals surface area contributed by atoms with Gasteiger partial charge in [0.15, 0.2) is 0 Å². The molecular weight excluding hydrogens is 298 g/mol. The van der Waals surface area contributed by atoms with E-state index in [2.05, 4.69) is 5.32 Å². The van der Waals surface area contributed by atoms with Crippen LogP contribution in [0.15, 0.2) is 78.9 Å². The van der Waals surface area contributed by atoms with Crippen molar-refractivity contribution in [2.24, 2.45) is 5.73 Å². The van der Waals surface area contributed by atoms with Gasteiger partial charge >= 0.3 is 0 Å². The third-order valence-electron chi connectivity index (χ3n) is 3.59. The number of para-hydroxylation sites is 1. The third kappa shape index (κ3) is 4.14. The lowest BCUT2D eigenvalue weighted by Gasteiger charge is -2.09. The zero-order chi connectivity index (χ0) is 16.8. The summed E-state index contributed by atoms with van der Waals surface area (Å²) in [5.41, 5.74) is 8.32. The predicted octanol–water partition coefficient (Wildman–Crippen LogP) is 4.38. The van der Waals surface area contributed by atoms with Gasteiger partial charge in [0.05, 0.1) is 0 Å². The van der Waals surface area contributed by atoms with Gasteiger partial charge in [0, 0.05) is 17.8 Å². The quantitative estimate of drug-likeness (QED) is 0.467. The van der Waals surface area contributed by atoms with Gasteiger partial charge in [0.1, 0.15) is 17.3 Å². The summed E-state index contributed by atoms with van der Waals surface area (Å²) < 4.78 is 5.78. The minimum absolute atomic E-state index is 0.0792. The zero-order valence-corrected chi connectivity index (χ0v) is 13.2. The van der Waals surface area contributed by atoms with Crippen LogP contribution >= 0.6 is 0 Å². The van der Waals surface area contributed by atoms with Gasteiger partial charge in [-0.3, -0.25) is 5.41 Å². The third-order valence-corrected chi connectivity index (χ3v) is 3.59. The zero-order valence-electron chi connectivity index (χ0n) is 13.2. The van der Waals surface area contributed by atoms with E-state index >= 15 is 0 Å². The van der Waals surface area contributed by atoms with Gasteiger partial charge in [-0.1, -0.05) is 30.3 Å². The molecule has 0 unspecified atom stereocenters. The van der Waals surface area contributed by atoms with Crippen LogP contribution in [-0.4, -0.2) is 5.84 Å². The average molecular weight is 317 g/mol. The average Bonchev–Trinajstić information content (AvgIpc) is 2.62. The largest absolute Gasteiger partial charge is 0.457 e. The molecule has 24 heavy (non-hydrogen) atoms. The van der Waals surface area contributed by atoms with Gasteiger partial charge in [-0.25, -0.2) is 0 Å². The molecule has 0 aliphatic heterocycles. The Labute approximate surface area is 141 Å². The van der Waals surface area contributed by atoms with Crippen LogP contribution in [0.4, 0.5) is 5.69 Å². The maximum absolute atomic E-state index is 7.39. The molecule has 120 valence electrons. The van der Waals surface area contributed by atoms with Crippen LogP contribution in [0.2, 0.25) is 0 Å². The number of benzene rings is 3. The summed E-state index contributed by atoms with van der Waals surface area (Å²) in [6, 6.07) is 25.2. The van der Waals surface area contributed by atoms with E-state index in [9.17, 15) is 0 Å². The second-order valence-corrected chi connectivity index (χ2v) is 5.40. The van der Waals surface area contributed by atoms with E-state index in [0.29, 0.717) is 6.54 Å². The summed E-state index contributed by atoms with van der Waals surface area (Å²) in [4.78, 5) is 0. The lowest BCUT2D eigenvalue weighted by atomic mass is 10.1. The van der Waals surface area contributed by atoms with Crippen LogP contribution in [0.3, 0.4) is 0 Å². The normalized spacial score (nSPS) is 10.2. The van der Waals surface area contributed by atoms with E-state index in [-0.39, 0.29) is 5.84 Å². The Kier molecular flexibility index (Phi) is 4.77. The molecule has 0 heterocycles. The molecule has 3 rings (SSSR count). The minimum atomic E-state index is 0.0792. The number of rotatable bonds is 6. The van der Waals surface area contributed by atoms with Crippen LogP contribution in [0, 0.1) is 5.41 Å². The van der Waals surface area contributed by atoms with E-state index in [1.165, 1.54) is 0 Å². The van der Waals surface area contributed by atoms with E-state index in [4.69, 9.17) is 15.9 Å². The predicted molar refractivity (Wildman–Crippen MR) is 97.7 cm³/mol. The van der Waals surface area contributed by atoms with Gasteiger partial charge < -0.3 is 15.8 Å². The Morgan fingerprint density at radius 2 is 1.46 bits per heavy atom. The molecule has 3 aromatic rings. The van der Waals surface area contributed by atoms with Crippen molar-refractivity contribution in [3.63, 3.8) is 0 Å². The van der Waals surface area contributed by atoms with Crippen LogP contribution in [0.1, 0.15) is 11.1 Å². The Morgan fingerprint density at radius 1 is 0.833 bits per heavy atom. The second kappa shape index (κ2) is 7.33. The van der Waals surface area contributed by atoms with Crippen molar-refractivity contribution in [1.82, 2.24) is 0 Å². The van der Waals surface area contributed by atoms with Gasteiger partial charge in [0.25, 0.3) is 0 Å². The maximum atomic E-state index is 7.39. The molecule has 0 amide bonds. The number of hydrogen-bond donors (Lipinski definition) is 3. The standard InChI is InChI=1S/C20H19N3O/c21-20(22)16-8-10-17(11-9-16)23-14-15-6-12-19(13-7-15)24-18-4-2-1-3-5-18/h1-13,23H,14H2,(H3,21,22). The number of anilines is 1. The number of amidine groups is 1. The smallest absolute Gasteiger partial charge is 0.127 e. The molecule has 0 spiro atoms. The van der Waals surface area contributed by atoms with Crippen molar-refractivity contribution in [3.05, 3.63) is 90.0 Å².